The van der Waals surface area contributed by atoms with Crippen LogP contribution in [0.25, 0.3) is 6.08 Å². The molecule has 1 N–H and O–H groups in total. The minimum Gasteiger partial charge on any atom is -0.506 e. The smallest absolute Gasteiger partial charge is 0.267 e. The van der Waals surface area contributed by atoms with E-state index >= 15 is 0 Å². The van der Waals surface area contributed by atoms with Gasteiger partial charge in [0, 0.05) is 9.13 Å². The third kappa shape index (κ3) is 4.98. The number of para-hydroxylation sites is 1. The molecule has 0 bridgehead atoms. The zero-order chi connectivity index (χ0) is 22.0. The molecule has 1 heterocycles. The van der Waals surface area contributed by atoms with Gasteiger partial charge in [-0.25, -0.2) is 4.99 Å². The van der Waals surface area contributed by atoms with Crippen LogP contribution in [0.5, 0.6) is 5.75 Å². The molecule has 1 aliphatic heterocycles. The molecule has 4 nitrogen and oxygen atoms in total. The Morgan fingerprint density at radius 1 is 1.03 bits per heavy atom. The molecule has 0 unspecified atom stereocenters. The van der Waals surface area contributed by atoms with Crippen molar-refractivity contribution in [2.24, 2.45) is 4.99 Å². The van der Waals surface area contributed by atoms with Crippen molar-refractivity contribution >= 4 is 79.8 Å². The number of benzene rings is 3. The number of carbonyl (C=O) groups is 1. The van der Waals surface area contributed by atoms with Crippen molar-refractivity contribution in [3.05, 3.63) is 96.0 Å². The van der Waals surface area contributed by atoms with Gasteiger partial charge in [0.1, 0.15) is 5.75 Å². The van der Waals surface area contributed by atoms with Crippen LogP contribution in [-0.4, -0.2) is 21.1 Å². The molecule has 156 valence electrons. The SMILES string of the molecule is C[C@@H](c1ccccc1)N1C(=O)/C(=C\c2cc(I)cc(I)c2O)SC1=Nc1ccccc1. The molecule has 1 saturated heterocycles. The number of phenols is 1. The summed E-state index contributed by atoms with van der Waals surface area (Å²) in [4.78, 5) is 20.5. The van der Waals surface area contributed by atoms with E-state index in [0.717, 1.165) is 18.4 Å². The standard InChI is InChI=1S/C24H18I2N2O2S/c1-15(16-8-4-2-5-9-16)28-23(30)21(13-17-12-18(25)14-20(26)22(17)29)31-24(28)27-19-10-6-3-7-11-19/h2-15,29H,1H3/b21-13+,27-24?/t15-/m0/s1. The van der Waals surface area contributed by atoms with Crippen molar-refractivity contribution in [2.45, 2.75) is 13.0 Å². The van der Waals surface area contributed by atoms with Gasteiger partial charge in [0.15, 0.2) is 5.17 Å². The van der Waals surface area contributed by atoms with Crippen LogP contribution in [0.4, 0.5) is 5.69 Å². The molecular weight excluding hydrogens is 634 g/mol. The highest BCUT2D eigenvalue weighted by Crippen LogP contribution is 2.40. The molecule has 1 fully saturated rings. The fourth-order valence-electron chi connectivity index (χ4n) is 3.24. The Morgan fingerprint density at radius 3 is 2.35 bits per heavy atom. The number of phenolic OH excluding ortho intramolecular Hbond substituents is 1. The first-order chi connectivity index (χ1) is 14.9. The summed E-state index contributed by atoms with van der Waals surface area (Å²) in [5, 5.41) is 11.1. The molecule has 1 amide bonds. The Morgan fingerprint density at radius 2 is 1.68 bits per heavy atom. The van der Waals surface area contributed by atoms with Gasteiger partial charge < -0.3 is 5.11 Å². The van der Waals surface area contributed by atoms with Crippen molar-refractivity contribution in [3.63, 3.8) is 0 Å². The summed E-state index contributed by atoms with van der Waals surface area (Å²) in [5.74, 6) is 0.0577. The summed E-state index contributed by atoms with van der Waals surface area (Å²) in [6.45, 7) is 2.00. The topological polar surface area (TPSA) is 52.9 Å². The van der Waals surface area contributed by atoms with Gasteiger partial charge in [0.05, 0.1) is 20.2 Å². The maximum Gasteiger partial charge on any atom is 0.267 e. The summed E-state index contributed by atoms with van der Waals surface area (Å²) in [5.41, 5.74) is 2.45. The third-order valence-corrected chi connectivity index (χ3v) is 7.26. The second kappa shape index (κ2) is 9.74. The number of halogens is 2. The molecule has 0 spiro atoms. The minimum absolute atomic E-state index is 0.121. The third-order valence-electron chi connectivity index (χ3n) is 4.83. The summed E-state index contributed by atoms with van der Waals surface area (Å²) < 4.78 is 1.74. The van der Waals surface area contributed by atoms with Crippen LogP contribution < -0.4 is 0 Å². The number of rotatable bonds is 4. The average molecular weight is 652 g/mol. The Bertz CT molecular complexity index is 1180. The molecule has 3 aromatic carbocycles. The maximum atomic E-state index is 13.5. The van der Waals surface area contributed by atoms with Crippen LogP contribution in [0, 0.1) is 7.14 Å². The monoisotopic (exact) mass is 652 g/mol. The van der Waals surface area contributed by atoms with Gasteiger partial charge in [-0.05, 0) is 99.8 Å². The predicted octanol–water partition coefficient (Wildman–Crippen LogP) is 6.97. The zero-order valence-corrected chi connectivity index (χ0v) is 21.6. The molecule has 1 atom stereocenters. The average Bonchev–Trinajstić information content (AvgIpc) is 3.07. The van der Waals surface area contributed by atoms with Crippen molar-refractivity contribution in [1.82, 2.24) is 4.90 Å². The minimum atomic E-state index is -0.181. The van der Waals surface area contributed by atoms with E-state index in [0.29, 0.717) is 15.6 Å². The summed E-state index contributed by atoms with van der Waals surface area (Å²) in [7, 11) is 0. The number of thioether (sulfide) groups is 1. The quantitative estimate of drug-likeness (QED) is 0.245. The van der Waals surface area contributed by atoms with Crippen LogP contribution in [0.2, 0.25) is 0 Å². The van der Waals surface area contributed by atoms with Crippen LogP contribution >= 0.6 is 56.9 Å². The lowest BCUT2D eigenvalue weighted by Crippen LogP contribution is -2.32. The zero-order valence-electron chi connectivity index (χ0n) is 16.5. The molecule has 0 saturated carbocycles. The largest absolute Gasteiger partial charge is 0.506 e. The van der Waals surface area contributed by atoms with E-state index in [1.165, 1.54) is 11.8 Å². The molecule has 7 heteroatoms. The fraction of sp³-hybridized carbons (Fsp3) is 0.0833. The number of hydrogen-bond acceptors (Lipinski definition) is 4. The lowest BCUT2D eigenvalue weighted by Gasteiger charge is -2.24. The number of hydrogen-bond donors (Lipinski definition) is 1. The highest BCUT2D eigenvalue weighted by Gasteiger charge is 2.37. The highest BCUT2D eigenvalue weighted by atomic mass is 127. The van der Waals surface area contributed by atoms with Crippen molar-refractivity contribution in [2.75, 3.05) is 0 Å². The number of amides is 1. The van der Waals surface area contributed by atoms with Crippen LogP contribution in [0.15, 0.2) is 82.7 Å². The first kappa shape index (κ1) is 22.3. The molecule has 0 aliphatic carbocycles. The highest BCUT2D eigenvalue weighted by molar-refractivity contribution is 14.1. The molecular formula is C24H18I2N2O2S. The van der Waals surface area contributed by atoms with E-state index in [4.69, 9.17) is 4.99 Å². The maximum absolute atomic E-state index is 13.5. The first-order valence-electron chi connectivity index (χ1n) is 9.54. The Hall–Kier alpha value is -1.85. The predicted molar refractivity (Wildman–Crippen MR) is 144 cm³/mol. The molecule has 1 aliphatic rings. The number of amidine groups is 1. The molecule has 4 rings (SSSR count). The van der Waals surface area contributed by atoms with E-state index in [9.17, 15) is 9.90 Å². The van der Waals surface area contributed by atoms with Crippen molar-refractivity contribution in [1.29, 1.82) is 0 Å². The van der Waals surface area contributed by atoms with Crippen molar-refractivity contribution in [3.8, 4) is 5.75 Å². The molecule has 0 radical (unpaired) electrons. The normalized spacial score (nSPS) is 17.5. The summed E-state index contributed by atoms with van der Waals surface area (Å²) in [6, 6.07) is 23.1. The second-order valence-electron chi connectivity index (χ2n) is 6.93. The van der Waals surface area contributed by atoms with E-state index < -0.39 is 0 Å². The van der Waals surface area contributed by atoms with Crippen LogP contribution in [0.3, 0.4) is 0 Å². The number of nitrogens with zero attached hydrogens (tertiary/aromatic N) is 2. The van der Waals surface area contributed by atoms with Crippen LogP contribution in [-0.2, 0) is 4.79 Å². The van der Waals surface area contributed by atoms with E-state index in [1.54, 1.807) is 11.0 Å². The van der Waals surface area contributed by atoms with Gasteiger partial charge in [-0.15, -0.1) is 0 Å². The van der Waals surface area contributed by atoms with E-state index in [2.05, 4.69) is 45.2 Å². The summed E-state index contributed by atoms with van der Waals surface area (Å²) >= 11 is 5.64. The van der Waals surface area contributed by atoms with Gasteiger partial charge >= 0.3 is 0 Å². The van der Waals surface area contributed by atoms with Gasteiger partial charge in [-0.2, -0.15) is 0 Å². The summed E-state index contributed by atoms with van der Waals surface area (Å²) in [6.07, 6.45) is 1.75. The Labute approximate surface area is 212 Å². The van der Waals surface area contributed by atoms with Gasteiger partial charge in [-0.3, -0.25) is 9.69 Å². The van der Waals surface area contributed by atoms with Gasteiger partial charge in [0.2, 0.25) is 0 Å². The Kier molecular flexibility index (Phi) is 7.02. The number of aromatic hydroxyl groups is 1. The van der Waals surface area contributed by atoms with E-state index in [-0.39, 0.29) is 17.7 Å². The Balaban J connectivity index is 1.78. The van der Waals surface area contributed by atoms with Crippen molar-refractivity contribution < 1.29 is 9.90 Å². The van der Waals surface area contributed by atoms with Gasteiger partial charge in [0.25, 0.3) is 5.91 Å². The number of carbonyl (C=O) groups excluding carboxylic acids is 1. The second-order valence-corrected chi connectivity index (χ2v) is 10.3. The fourth-order valence-corrected chi connectivity index (χ4v) is 6.19. The molecule has 31 heavy (non-hydrogen) atoms. The number of aliphatic imine (C=N–C) groups is 1. The van der Waals surface area contributed by atoms with Gasteiger partial charge in [-0.1, -0.05) is 48.5 Å². The molecule has 3 aromatic rings. The first-order valence-corrected chi connectivity index (χ1v) is 12.5. The van der Waals surface area contributed by atoms with E-state index in [1.807, 2.05) is 79.7 Å². The lowest BCUT2D eigenvalue weighted by atomic mass is 10.1. The van der Waals surface area contributed by atoms with Crippen LogP contribution in [0.1, 0.15) is 24.1 Å². The lowest BCUT2D eigenvalue weighted by molar-refractivity contribution is -0.123. The molecule has 0 aromatic heterocycles.